The van der Waals surface area contributed by atoms with Gasteiger partial charge in [-0.05, 0) is 25.6 Å². The molecule has 1 aromatic carbocycles. The number of aromatic nitrogens is 3. The highest BCUT2D eigenvalue weighted by molar-refractivity contribution is 5.84. The minimum absolute atomic E-state index is 0.0773. The van der Waals surface area contributed by atoms with Crippen LogP contribution in [-0.2, 0) is 4.74 Å². The highest BCUT2D eigenvalue weighted by atomic mass is 19.1. The molecule has 1 atom stereocenters. The number of esters is 1. The van der Waals surface area contributed by atoms with Gasteiger partial charge < -0.3 is 10.1 Å². The van der Waals surface area contributed by atoms with Crippen LogP contribution in [0, 0.1) is 5.82 Å². The van der Waals surface area contributed by atoms with E-state index in [1.807, 2.05) is 6.92 Å². The molecule has 2 rings (SSSR count). The molecule has 0 aliphatic heterocycles. The number of hydrogen-bond acceptors (Lipinski definition) is 5. The summed E-state index contributed by atoms with van der Waals surface area (Å²) in [4.78, 5) is 15.2. The van der Waals surface area contributed by atoms with Crippen molar-refractivity contribution in [2.24, 2.45) is 0 Å². The molecule has 0 spiro atoms. The van der Waals surface area contributed by atoms with Crippen LogP contribution in [0.1, 0.15) is 29.1 Å². The molecular formula is C13H15FN4O2. The van der Waals surface area contributed by atoms with E-state index in [2.05, 4.69) is 20.1 Å². The molecule has 1 N–H and O–H groups in total. The molecule has 0 amide bonds. The van der Waals surface area contributed by atoms with Crippen LogP contribution < -0.4 is 5.32 Å². The molecule has 20 heavy (non-hydrogen) atoms. The van der Waals surface area contributed by atoms with Gasteiger partial charge in [0.25, 0.3) is 5.82 Å². The Labute approximate surface area is 115 Å². The summed E-state index contributed by atoms with van der Waals surface area (Å²) in [6.45, 7) is 1.90. The van der Waals surface area contributed by atoms with E-state index in [9.17, 15) is 9.18 Å². The number of para-hydroxylation sites is 1. The lowest BCUT2D eigenvalue weighted by Gasteiger charge is -2.15. The molecule has 106 valence electrons. The van der Waals surface area contributed by atoms with Gasteiger partial charge in [0.05, 0.1) is 7.11 Å². The number of methoxy groups -OCH3 is 1. The summed E-state index contributed by atoms with van der Waals surface area (Å²) in [6.07, 6.45) is 1.29. The Kier molecular flexibility index (Phi) is 4.09. The SMILES string of the molecule is CNC(C)c1cccc(F)c1-n1cnc(C(=O)OC)n1. The van der Waals surface area contributed by atoms with Crippen LogP contribution in [0.15, 0.2) is 24.5 Å². The fraction of sp³-hybridized carbons (Fsp3) is 0.308. The lowest BCUT2D eigenvalue weighted by Crippen LogP contribution is -2.16. The second-order valence-corrected chi connectivity index (χ2v) is 4.19. The van der Waals surface area contributed by atoms with Crippen molar-refractivity contribution in [3.63, 3.8) is 0 Å². The van der Waals surface area contributed by atoms with Gasteiger partial charge in [-0.2, -0.15) is 0 Å². The van der Waals surface area contributed by atoms with Gasteiger partial charge in [-0.15, -0.1) is 5.10 Å². The Morgan fingerprint density at radius 1 is 1.50 bits per heavy atom. The minimum Gasteiger partial charge on any atom is -0.463 e. The van der Waals surface area contributed by atoms with Gasteiger partial charge in [0.2, 0.25) is 0 Å². The molecule has 7 heteroatoms. The highest BCUT2D eigenvalue weighted by Crippen LogP contribution is 2.23. The highest BCUT2D eigenvalue weighted by Gasteiger charge is 2.18. The first-order valence-electron chi connectivity index (χ1n) is 6.04. The van der Waals surface area contributed by atoms with E-state index < -0.39 is 11.8 Å². The fourth-order valence-electron chi connectivity index (χ4n) is 1.83. The number of ether oxygens (including phenoxy) is 1. The van der Waals surface area contributed by atoms with Crippen LogP contribution >= 0.6 is 0 Å². The van der Waals surface area contributed by atoms with Crippen molar-refractivity contribution < 1.29 is 13.9 Å². The number of hydrogen-bond donors (Lipinski definition) is 1. The molecule has 1 aromatic heterocycles. The van der Waals surface area contributed by atoms with Crippen molar-refractivity contribution >= 4 is 5.97 Å². The maximum Gasteiger partial charge on any atom is 0.377 e. The number of nitrogens with one attached hydrogen (secondary N) is 1. The second kappa shape index (κ2) is 5.79. The predicted octanol–water partition coefficient (Wildman–Crippen LogP) is 1.47. The number of rotatable bonds is 4. The Hall–Kier alpha value is -2.28. The molecule has 0 fully saturated rings. The van der Waals surface area contributed by atoms with Gasteiger partial charge in [-0.3, -0.25) is 0 Å². The van der Waals surface area contributed by atoms with Crippen LogP contribution in [0.4, 0.5) is 4.39 Å². The van der Waals surface area contributed by atoms with E-state index in [0.29, 0.717) is 5.56 Å². The predicted molar refractivity (Wildman–Crippen MR) is 70.1 cm³/mol. The average Bonchev–Trinajstić information content (AvgIpc) is 2.94. The molecule has 0 saturated heterocycles. The van der Waals surface area contributed by atoms with Crippen LogP contribution in [0.3, 0.4) is 0 Å². The van der Waals surface area contributed by atoms with Crippen molar-refractivity contribution in [2.75, 3.05) is 14.2 Å². The Morgan fingerprint density at radius 3 is 2.90 bits per heavy atom. The van der Waals surface area contributed by atoms with E-state index in [0.717, 1.165) is 0 Å². The monoisotopic (exact) mass is 278 g/mol. The molecule has 6 nitrogen and oxygen atoms in total. The van der Waals surface area contributed by atoms with Crippen molar-refractivity contribution in [2.45, 2.75) is 13.0 Å². The average molecular weight is 278 g/mol. The number of nitrogens with zero attached hydrogens (tertiary/aromatic N) is 3. The van der Waals surface area contributed by atoms with Gasteiger partial charge in [0, 0.05) is 6.04 Å². The largest absolute Gasteiger partial charge is 0.463 e. The lowest BCUT2D eigenvalue weighted by atomic mass is 10.1. The number of halogens is 1. The molecular weight excluding hydrogens is 263 g/mol. The Morgan fingerprint density at radius 2 is 2.25 bits per heavy atom. The van der Waals surface area contributed by atoms with Crippen molar-refractivity contribution in [3.05, 3.63) is 41.7 Å². The third-order valence-electron chi connectivity index (χ3n) is 3.01. The topological polar surface area (TPSA) is 69.0 Å². The van der Waals surface area contributed by atoms with Crippen molar-refractivity contribution in [1.29, 1.82) is 0 Å². The Balaban J connectivity index is 2.51. The van der Waals surface area contributed by atoms with Crippen molar-refractivity contribution in [3.8, 4) is 5.69 Å². The van der Waals surface area contributed by atoms with E-state index in [4.69, 9.17) is 0 Å². The number of benzene rings is 1. The van der Waals surface area contributed by atoms with Crippen LogP contribution in [-0.4, -0.2) is 34.9 Å². The second-order valence-electron chi connectivity index (χ2n) is 4.19. The molecule has 1 heterocycles. The third-order valence-corrected chi connectivity index (χ3v) is 3.01. The fourth-order valence-corrected chi connectivity index (χ4v) is 1.83. The first-order chi connectivity index (χ1) is 9.58. The quantitative estimate of drug-likeness (QED) is 0.858. The maximum atomic E-state index is 14.1. The summed E-state index contributed by atoms with van der Waals surface area (Å²) in [6, 6.07) is 4.67. The van der Waals surface area contributed by atoms with Gasteiger partial charge >= 0.3 is 5.97 Å². The first kappa shape index (κ1) is 14.1. The van der Waals surface area contributed by atoms with Crippen LogP contribution in [0.2, 0.25) is 0 Å². The summed E-state index contributed by atoms with van der Waals surface area (Å²) in [5.41, 5.74) is 0.978. The zero-order valence-corrected chi connectivity index (χ0v) is 11.4. The molecule has 2 aromatic rings. The summed E-state index contributed by atoms with van der Waals surface area (Å²) in [5.74, 6) is -1.21. The molecule has 0 saturated carbocycles. The normalized spacial score (nSPS) is 12.2. The van der Waals surface area contributed by atoms with E-state index in [1.54, 1.807) is 19.2 Å². The summed E-state index contributed by atoms with van der Waals surface area (Å²) >= 11 is 0. The summed E-state index contributed by atoms with van der Waals surface area (Å²) in [5, 5.41) is 6.99. The summed E-state index contributed by atoms with van der Waals surface area (Å²) in [7, 11) is 3.02. The van der Waals surface area contributed by atoms with Gasteiger partial charge in [0.15, 0.2) is 0 Å². The van der Waals surface area contributed by atoms with Crippen LogP contribution in [0.25, 0.3) is 5.69 Å². The zero-order chi connectivity index (χ0) is 14.7. The standard InChI is InChI=1S/C13H15FN4O2/c1-8(15-2)9-5-4-6-10(14)11(9)18-7-16-12(17-18)13(19)20-3/h4-8,15H,1-3H3. The van der Waals surface area contributed by atoms with E-state index in [1.165, 1.54) is 24.2 Å². The van der Waals surface area contributed by atoms with Gasteiger partial charge in [0.1, 0.15) is 17.8 Å². The van der Waals surface area contributed by atoms with Crippen molar-refractivity contribution in [1.82, 2.24) is 20.1 Å². The minimum atomic E-state index is -0.664. The zero-order valence-electron chi connectivity index (χ0n) is 11.4. The van der Waals surface area contributed by atoms with E-state index >= 15 is 0 Å². The third kappa shape index (κ3) is 2.53. The molecule has 0 aliphatic carbocycles. The first-order valence-corrected chi connectivity index (χ1v) is 6.04. The number of carbonyl (C=O) groups is 1. The Bertz CT molecular complexity index is 627. The van der Waals surface area contributed by atoms with E-state index in [-0.39, 0.29) is 17.6 Å². The van der Waals surface area contributed by atoms with Gasteiger partial charge in [-0.25, -0.2) is 18.9 Å². The van der Waals surface area contributed by atoms with Gasteiger partial charge in [-0.1, -0.05) is 12.1 Å². The lowest BCUT2D eigenvalue weighted by molar-refractivity contribution is 0.0587. The number of carbonyl (C=O) groups excluding carboxylic acids is 1. The summed E-state index contributed by atoms with van der Waals surface area (Å²) < 4.78 is 19.9. The molecule has 0 bridgehead atoms. The maximum absolute atomic E-state index is 14.1. The smallest absolute Gasteiger partial charge is 0.377 e. The molecule has 1 unspecified atom stereocenters. The molecule has 0 aliphatic rings. The van der Waals surface area contributed by atoms with Crippen LogP contribution in [0.5, 0.6) is 0 Å². The molecule has 0 radical (unpaired) electrons.